The van der Waals surface area contributed by atoms with Crippen molar-refractivity contribution in [3.05, 3.63) is 40.0 Å². The van der Waals surface area contributed by atoms with Gasteiger partial charge in [0.25, 0.3) is 0 Å². The van der Waals surface area contributed by atoms with E-state index >= 15 is 0 Å². The number of ether oxygens (including phenoxy) is 2. The van der Waals surface area contributed by atoms with Crippen molar-refractivity contribution >= 4 is 28.6 Å². The molecule has 0 aliphatic rings. The maximum absolute atomic E-state index is 11.2. The molecule has 0 aromatic heterocycles. The van der Waals surface area contributed by atoms with Gasteiger partial charge in [-0.2, -0.15) is 0 Å². The lowest BCUT2D eigenvalue weighted by Gasteiger charge is -2.09. The summed E-state index contributed by atoms with van der Waals surface area (Å²) in [6.45, 7) is 5.87. The molecule has 1 aromatic carbocycles. The molecule has 0 spiro atoms. The summed E-state index contributed by atoms with van der Waals surface area (Å²) in [6.07, 6.45) is 0. The van der Waals surface area contributed by atoms with Crippen molar-refractivity contribution in [2.75, 3.05) is 13.2 Å². The van der Waals surface area contributed by atoms with Gasteiger partial charge in [0, 0.05) is 0 Å². The number of hydrogen-bond donors (Lipinski definition) is 0. The molecule has 0 radical (unpaired) electrons. The van der Waals surface area contributed by atoms with E-state index in [0.717, 1.165) is 9.32 Å². The van der Waals surface area contributed by atoms with Crippen LogP contribution < -0.4 is 4.74 Å². The van der Waals surface area contributed by atoms with Gasteiger partial charge in [-0.3, -0.25) is 0 Å². The van der Waals surface area contributed by atoms with Crippen LogP contribution >= 0.6 is 22.6 Å². The van der Waals surface area contributed by atoms with Crippen LogP contribution in [0.3, 0.4) is 0 Å². The molecule has 16 heavy (non-hydrogen) atoms. The van der Waals surface area contributed by atoms with Crippen LogP contribution in [0.4, 0.5) is 0 Å². The zero-order valence-electron chi connectivity index (χ0n) is 9.03. The highest BCUT2D eigenvalue weighted by molar-refractivity contribution is 14.1. The van der Waals surface area contributed by atoms with Crippen molar-refractivity contribution in [1.82, 2.24) is 0 Å². The Balaban J connectivity index is 2.49. The molecule has 0 bridgehead atoms. The van der Waals surface area contributed by atoms with Gasteiger partial charge in [0.2, 0.25) is 0 Å². The van der Waals surface area contributed by atoms with Crippen LogP contribution in [-0.4, -0.2) is 19.2 Å². The molecule has 0 aliphatic carbocycles. The number of rotatable bonds is 5. The lowest BCUT2D eigenvalue weighted by atomic mass is 10.3. The quantitative estimate of drug-likeness (QED) is 0.473. The Morgan fingerprint density at radius 2 is 2.12 bits per heavy atom. The number of halogens is 1. The van der Waals surface area contributed by atoms with Gasteiger partial charge >= 0.3 is 5.97 Å². The first-order chi connectivity index (χ1) is 7.65. The van der Waals surface area contributed by atoms with Crippen LogP contribution in [0.2, 0.25) is 0 Å². The molecule has 86 valence electrons. The Morgan fingerprint density at radius 3 is 2.75 bits per heavy atom. The third-order valence-corrected chi connectivity index (χ3v) is 2.69. The Morgan fingerprint density at radius 1 is 1.44 bits per heavy atom. The number of esters is 1. The fourth-order valence-corrected chi connectivity index (χ4v) is 1.56. The van der Waals surface area contributed by atoms with E-state index in [1.807, 2.05) is 24.3 Å². The Hall–Kier alpha value is -1.04. The molecule has 0 amide bonds. The van der Waals surface area contributed by atoms with Crippen LogP contribution in [0.15, 0.2) is 36.4 Å². The van der Waals surface area contributed by atoms with Crippen LogP contribution in [0.5, 0.6) is 5.75 Å². The molecular weight excluding hydrogens is 319 g/mol. The van der Waals surface area contributed by atoms with Crippen LogP contribution in [0.25, 0.3) is 0 Å². The smallest absolute Gasteiger partial charge is 0.336 e. The van der Waals surface area contributed by atoms with Gasteiger partial charge in [-0.25, -0.2) is 4.79 Å². The topological polar surface area (TPSA) is 35.5 Å². The van der Waals surface area contributed by atoms with E-state index in [4.69, 9.17) is 9.47 Å². The van der Waals surface area contributed by atoms with Crippen LogP contribution in [0.1, 0.15) is 6.92 Å². The first kappa shape index (κ1) is 13.0. The molecule has 0 aliphatic heterocycles. The molecule has 4 heteroatoms. The molecule has 0 heterocycles. The number of carbonyl (C=O) groups excluding carboxylic acids is 1. The van der Waals surface area contributed by atoms with Gasteiger partial charge < -0.3 is 9.47 Å². The minimum absolute atomic E-state index is 0.152. The molecule has 1 aromatic rings. The predicted molar refractivity (Wildman–Crippen MR) is 70.4 cm³/mol. The molecular formula is C12H13IO3. The minimum atomic E-state index is -0.409. The molecule has 0 N–H and O–H groups in total. The van der Waals surface area contributed by atoms with E-state index in [-0.39, 0.29) is 6.61 Å². The SMILES string of the molecule is C=C(COc1ccccc1I)C(=O)OCC. The van der Waals surface area contributed by atoms with Crippen molar-refractivity contribution in [3.8, 4) is 5.75 Å². The number of hydrogen-bond acceptors (Lipinski definition) is 3. The second-order valence-electron chi connectivity index (χ2n) is 3.04. The molecule has 0 saturated heterocycles. The minimum Gasteiger partial charge on any atom is -0.488 e. The van der Waals surface area contributed by atoms with Crippen molar-refractivity contribution in [2.24, 2.45) is 0 Å². The van der Waals surface area contributed by atoms with Crippen LogP contribution in [-0.2, 0) is 9.53 Å². The lowest BCUT2D eigenvalue weighted by Crippen LogP contribution is -2.13. The summed E-state index contributed by atoms with van der Waals surface area (Å²) in [6, 6.07) is 7.59. The van der Waals surface area contributed by atoms with E-state index in [2.05, 4.69) is 29.2 Å². The first-order valence-electron chi connectivity index (χ1n) is 4.87. The summed E-state index contributed by atoms with van der Waals surface area (Å²) in [7, 11) is 0. The molecule has 0 fully saturated rings. The Kier molecular flexibility index (Phi) is 5.31. The fraction of sp³-hybridized carbons (Fsp3) is 0.250. The van der Waals surface area contributed by atoms with Gasteiger partial charge in [0.05, 0.1) is 15.8 Å². The van der Waals surface area contributed by atoms with E-state index in [9.17, 15) is 4.79 Å². The summed E-state index contributed by atoms with van der Waals surface area (Å²) in [5.74, 6) is 0.335. The van der Waals surface area contributed by atoms with Crippen molar-refractivity contribution in [1.29, 1.82) is 0 Å². The Bertz CT molecular complexity index is 388. The van der Waals surface area contributed by atoms with Crippen LogP contribution in [0, 0.1) is 3.57 Å². The zero-order valence-corrected chi connectivity index (χ0v) is 11.2. The average molecular weight is 332 g/mol. The third kappa shape index (κ3) is 3.84. The Labute approximate surface area is 109 Å². The van der Waals surface area contributed by atoms with Crippen molar-refractivity contribution in [2.45, 2.75) is 6.92 Å². The molecule has 1 rings (SSSR count). The van der Waals surface area contributed by atoms with Crippen molar-refractivity contribution in [3.63, 3.8) is 0 Å². The van der Waals surface area contributed by atoms with Gasteiger partial charge in [0.1, 0.15) is 12.4 Å². The van der Waals surface area contributed by atoms with Crippen molar-refractivity contribution < 1.29 is 14.3 Å². The van der Waals surface area contributed by atoms with E-state index in [0.29, 0.717) is 12.2 Å². The molecule has 3 nitrogen and oxygen atoms in total. The summed E-state index contributed by atoms with van der Waals surface area (Å²) in [5.41, 5.74) is 0.321. The van der Waals surface area contributed by atoms with Gasteiger partial charge in [0.15, 0.2) is 0 Å². The molecule has 0 atom stereocenters. The third-order valence-electron chi connectivity index (χ3n) is 1.80. The molecule has 0 saturated carbocycles. The maximum Gasteiger partial charge on any atom is 0.336 e. The first-order valence-corrected chi connectivity index (χ1v) is 5.95. The highest BCUT2D eigenvalue weighted by Gasteiger charge is 2.09. The number of para-hydroxylation sites is 1. The lowest BCUT2D eigenvalue weighted by molar-refractivity contribution is -0.138. The monoisotopic (exact) mass is 332 g/mol. The number of benzene rings is 1. The predicted octanol–water partition coefficient (Wildman–Crippen LogP) is 2.79. The summed E-state index contributed by atoms with van der Waals surface area (Å²) in [4.78, 5) is 11.2. The highest BCUT2D eigenvalue weighted by atomic mass is 127. The van der Waals surface area contributed by atoms with Gasteiger partial charge in [-0.15, -0.1) is 0 Å². The highest BCUT2D eigenvalue weighted by Crippen LogP contribution is 2.20. The maximum atomic E-state index is 11.2. The second-order valence-corrected chi connectivity index (χ2v) is 4.21. The molecule has 0 unspecified atom stereocenters. The van der Waals surface area contributed by atoms with E-state index < -0.39 is 5.97 Å². The normalized spacial score (nSPS) is 9.62. The standard InChI is InChI=1S/C12H13IO3/c1-3-15-12(14)9(2)8-16-11-7-5-4-6-10(11)13/h4-7H,2-3,8H2,1H3. The van der Waals surface area contributed by atoms with E-state index in [1.165, 1.54) is 0 Å². The average Bonchev–Trinajstić information content (AvgIpc) is 2.28. The zero-order chi connectivity index (χ0) is 12.0. The number of carbonyl (C=O) groups is 1. The fourth-order valence-electron chi connectivity index (χ4n) is 1.02. The van der Waals surface area contributed by atoms with E-state index in [1.54, 1.807) is 6.92 Å². The van der Waals surface area contributed by atoms with Gasteiger partial charge in [-0.05, 0) is 41.6 Å². The summed E-state index contributed by atoms with van der Waals surface area (Å²) in [5, 5.41) is 0. The van der Waals surface area contributed by atoms with Gasteiger partial charge in [-0.1, -0.05) is 18.7 Å². The summed E-state index contributed by atoms with van der Waals surface area (Å²) < 4.78 is 11.3. The summed E-state index contributed by atoms with van der Waals surface area (Å²) >= 11 is 2.17. The second kappa shape index (κ2) is 6.52. The largest absolute Gasteiger partial charge is 0.488 e.